The molecule has 18 heavy (non-hydrogen) atoms. The van der Waals surface area contributed by atoms with Crippen LogP contribution >= 0.6 is 0 Å². The largest absolute Gasteiger partial charge is 0.390 e. The SMILES string of the molecule is CC(C)C1CCCCC1(O)CCCC1CCCO1. The van der Waals surface area contributed by atoms with Crippen LogP contribution in [0.2, 0.25) is 0 Å². The number of hydrogen-bond acceptors (Lipinski definition) is 2. The monoisotopic (exact) mass is 254 g/mol. The van der Waals surface area contributed by atoms with Gasteiger partial charge in [-0.2, -0.15) is 0 Å². The number of ether oxygens (including phenoxy) is 1. The Labute approximate surface area is 112 Å². The van der Waals surface area contributed by atoms with Crippen LogP contribution in [0.25, 0.3) is 0 Å². The first kappa shape index (κ1) is 14.3. The van der Waals surface area contributed by atoms with E-state index in [9.17, 15) is 5.11 Å². The summed E-state index contributed by atoms with van der Waals surface area (Å²) < 4.78 is 5.67. The molecule has 0 aromatic carbocycles. The third-order valence-corrected chi connectivity index (χ3v) is 5.03. The van der Waals surface area contributed by atoms with Crippen molar-refractivity contribution < 1.29 is 9.84 Å². The Hall–Kier alpha value is -0.0800. The summed E-state index contributed by atoms with van der Waals surface area (Å²) in [6.07, 6.45) is 10.9. The fourth-order valence-electron chi connectivity index (χ4n) is 4.02. The summed E-state index contributed by atoms with van der Waals surface area (Å²) in [5.41, 5.74) is -0.384. The minimum atomic E-state index is -0.384. The molecule has 1 aliphatic heterocycles. The van der Waals surface area contributed by atoms with Gasteiger partial charge in [0.1, 0.15) is 0 Å². The highest BCUT2D eigenvalue weighted by Gasteiger charge is 2.39. The molecule has 3 unspecified atom stereocenters. The van der Waals surface area contributed by atoms with Crippen molar-refractivity contribution in [1.82, 2.24) is 0 Å². The van der Waals surface area contributed by atoms with Crippen LogP contribution in [0, 0.1) is 11.8 Å². The zero-order valence-corrected chi connectivity index (χ0v) is 12.2. The Kier molecular flexibility index (Phi) is 5.08. The Morgan fingerprint density at radius 3 is 2.72 bits per heavy atom. The molecule has 2 aliphatic rings. The van der Waals surface area contributed by atoms with Crippen LogP contribution in [-0.2, 0) is 4.74 Å². The van der Waals surface area contributed by atoms with Crippen LogP contribution in [0.1, 0.15) is 71.6 Å². The molecule has 106 valence electrons. The zero-order valence-electron chi connectivity index (χ0n) is 12.2. The highest BCUT2D eigenvalue weighted by molar-refractivity contribution is 4.91. The molecule has 1 N–H and O–H groups in total. The standard InChI is InChI=1S/C16H30O2/c1-13(2)15-9-3-4-10-16(15,17)11-5-7-14-8-6-12-18-14/h13-15,17H,3-12H2,1-2H3. The van der Waals surface area contributed by atoms with Crippen molar-refractivity contribution >= 4 is 0 Å². The van der Waals surface area contributed by atoms with Gasteiger partial charge in [-0.05, 0) is 56.8 Å². The van der Waals surface area contributed by atoms with Gasteiger partial charge in [-0.3, -0.25) is 0 Å². The van der Waals surface area contributed by atoms with Crippen molar-refractivity contribution in [2.75, 3.05) is 6.61 Å². The van der Waals surface area contributed by atoms with E-state index in [1.165, 1.54) is 32.1 Å². The molecule has 0 bridgehead atoms. The quantitative estimate of drug-likeness (QED) is 0.806. The van der Waals surface area contributed by atoms with Gasteiger partial charge in [0.15, 0.2) is 0 Å². The van der Waals surface area contributed by atoms with Gasteiger partial charge >= 0.3 is 0 Å². The van der Waals surface area contributed by atoms with Gasteiger partial charge in [0.25, 0.3) is 0 Å². The molecule has 2 nitrogen and oxygen atoms in total. The van der Waals surface area contributed by atoms with Crippen molar-refractivity contribution in [3.63, 3.8) is 0 Å². The lowest BCUT2D eigenvalue weighted by Crippen LogP contribution is -2.43. The number of hydrogen-bond donors (Lipinski definition) is 1. The Balaban J connectivity index is 1.80. The second kappa shape index (κ2) is 6.38. The lowest BCUT2D eigenvalue weighted by atomic mass is 9.68. The minimum Gasteiger partial charge on any atom is -0.390 e. The molecule has 0 amide bonds. The van der Waals surface area contributed by atoms with Crippen molar-refractivity contribution in [1.29, 1.82) is 0 Å². The molecule has 3 atom stereocenters. The maximum absolute atomic E-state index is 10.9. The van der Waals surface area contributed by atoms with Crippen molar-refractivity contribution in [2.45, 2.75) is 83.3 Å². The lowest BCUT2D eigenvalue weighted by molar-refractivity contribution is -0.0748. The summed E-state index contributed by atoms with van der Waals surface area (Å²) in [5.74, 6) is 1.12. The van der Waals surface area contributed by atoms with E-state index in [-0.39, 0.29) is 5.60 Å². The second-order valence-electron chi connectivity index (χ2n) is 6.73. The smallest absolute Gasteiger partial charge is 0.0678 e. The summed E-state index contributed by atoms with van der Waals surface area (Å²) in [5, 5.41) is 10.9. The van der Waals surface area contributed by atoms with Crippen LogP contribution < -0.4 is 0 Å². The molecule has 2 rings (SSSR count). The summed E-state index contributed by atoms with van der Waals surface area (Å²) in [6, 6.07) is 0. The van der Waals surface area contributed by atoms with Crippen LogP contribution in [0.15, 0.2) is 0 Å². The molecule has 0 aromatic heterocycles. The maximum Gasteiger partial charge on any atom is 0.0678 e. The predicted molar refractivity (Wildman–Crippen MR) is 74.6 cm³/mol. The zero-order chi connectivity index (χ0) is 13.0. The van der Waals surface area contributed by atoms with Crippen LogP contribution in [0.3, 0.4) is 0 Å². The van der Waals surface area contributed by atoms with Gasteiger partial charge < -0.3 is 9.84 Å². The minimum absolute atomic E-state index is 0.384. The summed E-state index contributed by atoms with van der Waals surface area (Å²) in [6.45, 7) is 5.48. The van der Waals surface area contributed by atoms with E-state index in [2.05, 4.69) is 13.8 Å². The molecule has 1 saturated heterocycles. The van der Waals surface area contributed by atoms with Crippen LogP contribution in [0.5, 0.6) is 0 Å². The second-order valence-corrected chi connectivity index (χ2v) is 6.73. The highest BCUT2D eigenvalue weighted by atomic mass is 16.5. The Morgan fingerprint density at radius 2 is 2.06 bits per heavy atom. The molecule has 0 radical (unpaired) electrons. The predicted octanol–water partition coefficient (Wildman–Crippen LogP) is 3.91. The van der Waals surface area contributed by atoms with Gasteiger partial charge in [-0.15, -0.1) is 0 Å². The fourth-order valence-corrected chi connectivity index (χ4v) is 4.02. The Morgan fingerprint density at radius 1 is 1.22 bits per heavy atom. The molecule has 0 spiro atoms. The highest BCUT2D eigenvalue weighted by Crippen LogP contribution is 2.41. The van der Waals surface area contributed by atoms with Crippen LogP contribution in [-0.4, -0.2) is 23.4 Å². The summed E-state index contributed by atoms with van der Waals surface area (Å²) in [7, 11) is 0. The van der Waals surface area contributed by atoms with Gasteiger partial charge in [-0.25, -0.2) is 0 Å². The molecule has 1 heterocycles. The normalized spacial score (nSPS) is 37.3. The first-order valence-electron chi connectivity index (χ1n) is 7.96. The molecular formula is C16H30O2. The van der Waals surface area contributed by atoms with Crippen molar-refractivity contribution in [2.24, 2.45) is 11.8 Å². The van der Waals surface area contributed by atoms with Crippen LogP contribution in [0.4, 0.5) is 0 Å². The van der Waals surface area contributed by atoms with E-state index in [1.807, 2.05) is 0 Å². The average molecular weight is 254 g/mol. The van der Waals surface area contributed by atoms with Gasteiger partial charge in [0.05, 0.1) is 11.7 Å². The summed E-state index contributed by atoms with van der Waals surface area (Å²) >= 11 is 0. The Bertz CT molecular complexity index is 245. The van der Waals surface area contributed by atoms with E-state index in [4.69, 9.17) is 4.74 Å². The fraction of sp³-hybridized carbons (Fsp3) is 1.00. The van der Waals surface area contributed by atoms with Gasteiger partial charge in [-0.1, -0.05) is 26.7 Å². The van der Waals surface area contributed by atoms with E-state index < -0.39 is 0 Å². The third kappa shape index (κ3) is 3.48. The van der Waals surface area contributed by atoms with E-state index in [0.29, 0.717) is 17.9 Å². The first-order valence-corrected chi connectivity index (χ1v) is 7.96. The molecule has 2 heteroatoms. The number of aliphatic hydroxyl groups is 1. The van der Waals surface area contributed by atoms with Gasteiger partial charge in [0, 0.05) is 6.61 Å². The molecular weight excluding hydrogens is 224 g/mol. The maximum atomic E-state index is 10.9. The van der Waals surface area contributed by atoms with E-state index in [1.54, 1.807) is 0 Å². The molecule has 0 aromatic rings. The van der Waals surface area contributed by atoms with Crippen molar-refractivity contribution in [3.05, 3.63) is 0 Å². The topological polar surface area (TPSA) is 29.5 Å². The van der Waals surface area contributed by atoms with Gasteiger partial charge in [0.2, 0.25) is 0 Å². The van der Waals surface area contributed by atoms with Crippen molar-refractivity contribution in [3.8, 4) is 0 Å². The molecule has 1 saturated carbocycles. The first-order chi connectivity index (χ1) is 8.62. The van der Waals surface area contributed by atoms with E-state index >= 15 is 0 Å². The lowest BCUT2D eigenvalue weighted by Gasteiger charge is -2.42. The molecule has 1 aliphatic carbocycles. The molecule has 2 fully saturated rings. The number of rotatable bonds is 5. The van der Waals surface area contributed by atoms with E-state index in [0.717, 1.165) is 32.3 Å². The summed E-state index contributed by atoms with van der Waals surface area (Å²) in [4.78, 5) is 0. The average Bonchev–Trinajstić information content (AvgIpc) is 2.82. The third-order valence-electron chi connectivity index (χ3n) is 5.03.